The zero-order valence-electron chi connectivity index (χ0n) is 16.6. The van der Waals surface area contributed by atoms with Gasteiger partial charge in [-0.15, -0.1) is 0 Å². The molecule has 1 atom stereocenters. The first-order valence-electron chi connectivity index (χ1n) is 9.82. The van der Waals surface area contributed by atoms with Crippen LogP contribution in [0.3, 0.4) is 0 Å². The van der Waals surface area contributed by atoms with Gasteiger partial charge < -0.3 is 20.1 Å². The number of carbonyl (C=O) groups excluding carboxylic acids is 1. The van der Waals surface area contributed by atoms with Gasteiger partial charge in [0.1, 0.15) is 11.5 Å². The minimum atomic E-state index is -0.828. The Bertz CT molecular complexity index is 811. The number of carboxylic acid groups (broad SMARTS) is 1. The molecule has 1 aliphatic heterocycles. The molecule has 0 saturated carbocycles. The molecule has 1 fully saturated rings. The minimum absolute atomic E-state index is 0.0221. The molecule has 7 heteroatoms. The molecule has 154 valence electrons. The van der Waals surface area contributed by atoms with E-state index >= 15 is 0 Å². The summed E-state index contributed by atoms with van der Waals surface area (Å²) >= 11 is 0. The number of rotatable bonds is 6. The van der Waals surface area contributed by atoms with Crippen molar-refractivity contribution < 1.29 is 19.4 Å². The standard InChI is InChI=1S/C22H27N3O4/c1-24(16-21(26)27)18-6-5-14-25(15-13-18)22(28)23-17-9-11-20(12-10-17)29-19-7-3-2-4-8-19/h2-4,7-12,18H,5-6,13-16H2,1H3,(H,23,28)(H,26,27). The zero-order chi connectivity index (χ0) is 20.6. The van der Waals surface area contributed by atoms with Crippen molar-refractivity contribution in [2.75, 3.05) is 32.0 Å². The maximum absolute atomic E-state index is 12.6. The Hall–Kier alpha value is -3.06. The number of anilines is 1. The van der Waals surface area contributed by atoms with E-state index in [4.69, 9.17) is 9.84 Å². The lowest BCUT2D eigenvalue weighted by Crippen LogP contribution is -2.38. The monoisotopic (exact) mass is 397 g/mol. The number of carboxylic acids is 1. The van der Waals surface area contributed by atoms with Crippen LogP contribution in [0, 0.1) is 0 Å². The topological polar surface area (TPSA) is 82.1 Å². The SMILES string of the molecule is CN(CC(=O)O)C1CCCN(C(=O)Nc2ccc(Oc3ccccc3)cc2)CC1. The summed E-state index contributed by atoms with van der Waals surface area (Å²) in [5.41, 5.74) is 0.708. The van der Waals surface area contributed by atoms with Crippen molar-refractivity contribution in [3.05, 3.63) is 54.6 Å². The van der Waals surface area contributed by atoms with Crippen molar-refractivity contribution in [1.82, 2.24) is 9.80 Å². The molecule has 0 aromatic heterocycles. The number of benzene rings is 2. The number of likely N-dealkylation sites (tertiary alicyclic amines) is 1. The Morgan fingerprint density at radius 2 is 1.76 bits per heavy atom. The summed E-state index contributed by atoms with van der Waals surface area (Å²) in [6, 6.07) is 16.8. The van der Waals surface area contributed by atoms with Gasteiger partial charge in [0.2, 0.25) is 0 Å². The largest absolute Gasteiger partial charge is 0.480 e. The summed E-state index contributed by atoms with van der Waals surface area (Å²) in [6.07, 6.45) is 2.51. The number of nitrogens with zero attached hydrogens (tertiary/aromatic N) is 2. The number of amides is 2. The summed E-state index contributed by atoms with van der Waals surface area (Å²) in [7, 11) is 1.83. The molecular weight excluding hydrogens is 370 g/mol. The van der Waals surface area contributed by atoms with Gasteiger partial charge >= 0.3 is 12.0 Å². The van der Waals surface area contributed by atoms with Crippen molar-refractivity contribution in [3.8, 4) is 11.5 Å². The highest BCUT2D eigenvalue weighted by molar-refractivity contribution is 5.89. The lowest BCUT2D eigenvalue weighted by atomic mass is 10.1. The molecular formula is C22H27N3O4. The number of aliphatic carboxylic acids is 1. The third kappa shape index (κ3) is 6.22. The summed E-state index contributed by atoms with van der Waals surface area (Å²) in [4.78, 5) is 27.2. The van der Waals surface area contributed by atoms with Crippen LogP contribution in [-0.4, -0.2) is 59.6 Å². The summed E-state index contributed by atoms with van der Waals surface area (Å²) in [5, 5.41) is 11.9. The van der Waals surface area contributed by atoms with Gasteiger partial charge in [-0.25, -0.2) is 4.79 Å². The van der Waals surface area contributed by atoms with Crippen LogP contribution in [0.4, 0.5) is 10.5 Å². The van der Waals surface area contributed by atoms with Crippen LogP contribution in [-0.2, 0) is 4.79 Å². The summed E-state index contributed by atoms with van der Waals surface area (Å²) in [6.45, 7) is 1.29. The Kier molecular flexibility index (Phi) is 7.08. The zero-order valence-corrected chi connectivity index (χ0v) is 16.6. The van der Waals surface area contributed by atoms with E-state index in [2.05, 4.69) is 5.32 Å². The second-order valence-corrected chi connectivity index (χ2v) is 7.25. The molecule has 2 aromatic rings. The molecule has 1 aliphatic rings. The average molecular weight is 397 g/mol. The van der Waals surface area contributed by atoms with E-state index < -0.39 is 5.97 Å². The Morgan fingerprint density at radius 3 is 2.45 bits per heavy atom. The highest BCUT2D eigenvalue weighted by atomic mass is 16.5. The lowest BCUT2D eigenvalue weighted by molar-refractivity contribution is -0.138. The van der Waals surface area contributed by atoms with Gasteiger partial charge in [0.25, 0.3) is 0 Å². The van der Waals surface area contributed by atoms with E-state index in [9.17, 15) is 9.59 Å². The molecule has 2 N–H and O–H groups in total. The second-order valence-electron chi connectivity index (χ2n) is 7.25. The number of para-hydroxylation sites is 1. The average Bonchev–Trinajstić information content (AvgIpc) is 2.96. The lowest BCUT2D eigenvalue weighted by Gasteiger charge is -2.25. The van der Waals surface area contributed by atoms with E-state index in [1.807, 2.05) is 66.5 Å². The maximum Gasteiger partial charge on any atom is 0.321 e. The summed E-state index contributed by atoms with van der Waals surface area (Å²) in [5.74, 6) is 0.635. The molecule has 2 amide bonds. The number of likely N-dealkylation sites (N-methyl/N-ethyl adjacent to an activating group) is 1. The third-order valence-corrected chi connectivity index (χ3v) is 5.08. The maximum atomic E-state index is 12.6. The summed E-state index contributed by atoms with van der Waals surface area (Å²) < 4.78 is 5.76. The molecule has 0 bridgehead atoms. The molecule has 29 heavy (non-hydrogen) atoms. The van der Waals surface area contributed by atoms with E-state index in [1.165, 1.54) is 0 Å². The van der Waals surface area contributed by atoms with E-state index in [1.54, 1.807) is 4.90 Å². The number of nitrogens with one attached hydrogen (secondary N) is 1. The molecule has 0 aliphatic carbocycles. The first-order valence-corrected chi connectivity index (χ1v) is 9.82. The molecule has 3 rings (SSSR count). The molecule has 7 nitrogen and oxygen atoms in total. The molecule has 0 radical (unpaired) electrons. The van der Waals surface area contributed by atoms with Gasteiger partial charge in [-0.05, 0) is 62.7 Å². The fourth-order valence-corrected chi connectivity index (χ4v) is 3.50. The first-order chi connectivity index (χ1) is 14.0. The van der Waals surface area contributed by atoms with Crippen molar-refractivity contribution >= 4 is 17.7 Å². The number of ether oxygens (including phenoxy) is 1. The van der Waals surface area contributed by atoms with Crippen LogP contribution < -0.4 is 10.1 Å². The third-order valence-electron chi connectivity index (χ3n) is 5.08. The van der Waals surface area contributed by atoms with E-state index in [0.29, 0.717) is 24.5 Å². The second kappa shape index (κ2) is 9.93. The van der Waals surface area contributed by atoms with E-state index in [-0.39, 0.29) is 18.6 Å². The van der Waals surface area contributed by atoms with Crippen LogP contribution in [0.25, 0.3) is 0 Å². The first kappa shape index (κ1) is 20.7. The van der Waals surface area contributed by atoms with Crippen LogP contribution in [0.5, 0.6) is 11.5 Å². The fourth-order valence-electron chi connectivity index (χ4n) is 3.50. The molecule has 2 aromatic carbocycles. The fraction of sp³-hybridized carbons (Fsp3) is 0.364. The number of urea groups is 1. The van der Waals surface area contributed by atoms with E-state index in [0.717, 1.165) is 25.0 Å². The van der Waals surface area contributed by atoms with Crippen LogP contribution in [0.1, 0.15) is 19.3 Å². The molecule has 1 saturated heterocycles. The quantitative estimate of drug-likeness (QED) is 0.773. The predicted molar refractivity (Wildman–Crippen MR) is 111 cm³/mol. The van der Waals surface area contributed by atoms with Crippen molar-refractivity contribution in [3.63, 3.8) is 0 Å². The highest BCUT2D eigenvalue weighted by Gasteiger charge is 2.24. The van der Waals surface area contributed by atoms with Crippen molar-refractivity contribution in [1.29, 1.82) is 0 Å². The predicted octanol–water partition coefficient (Wildman–Crippen LogP) is 3.88. The van der Waals surface area contributed by atoms with Gasteiger partial charge in [0.15, 0.2) is 0 Å². The Balaban J connectivity index is 1.51. The smallest absolute Gasteiger partial charge is 0.321 e. The van der Waals surface area contributed by atoms with Crippen molar-refractivity contribution in [2.45, 2.75) is 25.3 Å². The van der Waals surface area contributed by atoms with Crippen LogP contribution in [0.15, 0.2) is 54.6 Å². The van der Waals surface area contributed by atoms with Crippen molar-refractivity contribution in [2.24, 2.45) is 0 Å². The van der Waals surface area contributed by atoms with Gasteiger partial charge in [0, 0.05) is 24.8 Å². The van der Waals surface area contributed by atoms with Gasteiger partial charge in [-0.2, -0.15) is 0 Å². The van der Waals surface area contributed by atoms with Crippen LogP contribution >= 0.6 is 0 Å². The van der Waals surface area contributed by atoms with Crippen LogP contribution in [0.2, 0.25) is 0 Å². The number of hydrogen-bond acceptors (Lipinski definition) is 4. The van der Waals surface area contributed by atoms with Gasteiger partial charge in [0.05, 0.1) is 6.54 Å². The minimum Gasteiger partial charge on any atom is -0.480 e. The molecule has 1 heterocycles. The van der Waals surface area contributed by atoms with Gasteiger partial charge in [-0.1, -0.05) is 18.2 Å². The Labute approximate surface area is 170 Å². The highest BCUT2D eigenvalue weighted by Crippen LogP contribution is 2.23. The molecule has 1 unspecified atom stereocenters. The Morgan fingerprint density at radius 1 is 1.07 bits per heavy atom. The normalized spacial score (nSPS) is 16.9. The number of hydrogen-bond donors (Lipinski definition) is 2. The van der Waals surface area contributed by atoms with Gasteiger partial charge in [-0.3, -0.25) is 9.69 Å². The number of carbonyl (C=O) groups is 2. The molecule has 0 spiro atoms.